The van der Waals surface area contributed by atoms with Crippen molar-refractivity contribution >= 4 is 22.7 Å². The highest BCUT2D eigenvalue weighted by Gasteiger charge is 2.09. The van der Waals surface area contributed by atoms with E-state index in [2.05, 4.69) is 17.1 Å². The standard InChI is InChI=1S/C19H14N2/c1-14-11-16-9-5-6-10-17(16)18(12-20)19(14)21-13-15-7-3-2-4-8-15/h2-11,13H,1H3. The number of hydrogen-bond acceptors (Lipinski definition) is 2. The Bertz CT molecular complexity index is 856. The molecule has 0 aliphatic rings. The Kier molecular flexibility index (Phi) is 3.49. The Labute approximate surface area is 124 Å². The van der Waals surface area contributed by atoms with Crippen molar-refractivity contribution in [1.82, 2.24) is 0 Å². The van der Waals surface area contributed by atoms with E-state index in [0.29, 0.717) is 5.56 Å². The van der Waals surface area contributed by atoms with Crippen molar-refractivity contribution in [3.63, 3.8) is 0 Å². The van der Waals surface area contributed by atoms with Crippen molar-refractivity contribution < 1.29 is 0 Å². The van der Waals surface area contributed by atoms with E-state index in [9.17, 15) is 5.26 Å². The molecule has 0 bridgehead atoms. The zero-order chi connectivity index (χ0) is 14.7. The number of benzene rings is 3. The highest BCUT2D eigenvalue weighted by atomic mass is 14.7. The maximum Gasteiger partial charge on any atom is 0.102 e. The molecule has 0 unspecified atom stereocenters. The third-order valence-corrected chi connectivity index (χ3v) is 3.47. The van der Waals surface area contributed by atoms with Gasteiger partial charge in [0.1, 0.15) is 6.07 Å². The van der Waals surface area contributed by atoms with Gasteiger partial charge in [0.05, 0.1) is 11.3 Å². The van der Waals surface area contributed by atoms with Gasteiger partial charge in [-0.2, -0.15) is 5.26 Å². The zero-order valence-corrected chi connectivity index (χ0v) is 11.7. The fourth-order valence-corrected chi connectivity index (χ4v) is 2.43. The predicted octanol–water partition coefficient (Wildman–Crippen LogP) is 4.77. The highest BCUT2D eigenvalue weighted by molar-refractivity contribution is 5.95. The molecule has 2 heteroatoms. The minimum Gasteiger partial charge on any atom is -0.255 e. The summed E-state index contributed by atoms with van der Waals surface area (Å²) < 4.78 is 0. The lowest BCUT2D eigenvalue weighted by Crippen LogP contribution is -1.87. The van der Waals surface area contributed by atoms with Crippen LogP contribution >= 0.6 is 0 Å². The van der Waals surface area contributed by atoms with Gasteiger partial charge in [-0.15, -0.1) is 0 Å². The van der Waals surface area contributed by atoms with E-state index in [-0.39, 0.29) is 0 Å². The Morgan fingerprint density at radius 3 is 2.48 bits per heavy atom. The SMILES string of the molecule is Cc1cc2ccccc2c(C#N)c1N=Cc1ccccc1. The first-order valence-corrected chi connectivity index (χ1v) is 6.81. The van der Waals surface area contributed by atoms with Crippen LogP contribution in [0.3, 0.4) is 0 Å². The van der Waals surface area contributed by atoms with E-state index in [0.717, 1.165) is 27.6 Å². The van der Waals surface area contributed by atoms with Gasteiger partial charge in [0.2, 0.25) is 0 Å². The van der Waals surface area contributed by atoms with Crippen LogP contribution in [0.15, 0.2) is 65.7 Å². The molecule has 0 saturated carbocycles. The topological polar surface area (TPSA) is 36.1 Å². The average Bonchev–Trinajstić information content (AvgIpc) is 2.53. The Morgan fingerprint density at radius 1 is 1.00 bits per heavy atom. The molecule has 0 heterocycles. The number of fused-ring (bicyclic) bond motifs is 1. The largest absolute Gasteiger partial charge is 0.255 e. The molecule has 3 aromatic rings. The number of hydrogen-bond donors (Lipinski definition) is 0. The maximum absolute atomic E-state index is 9.51. The summed E-state index contributed by atoms with van der Waals surface area (Å²) >= 11 is 0. The van der Waals surface area contributed by atoms with Crippen molar-refractivity contribution in [3.05, 3.63) is 77.4 Å². The van der Waals surface area contributed by atoms with Crippen LogP contribution in [0.25, 0.3) is 10.8 Å². The molecular formula is C19H14N2. The summed E-state index contributed by atoms with van der Waals surface area (Å²) in [5, 5.41) is 11.5. The second-order valence-corrected chi connectivity index (χ2v) is 4.92. The van der Waals surface area contributed by atoms with E-state index in [1.807, 2.05) is 61.5 Å². The molecular weight excluding hydrogens is 256 g/mol. The van der Waals surface area contributed by atoms with Crippen molar-refractivity contribution in [2.24, 2.45) is 4.99 Å². The predicted molar refractivity (Wildman–Crippen MR) is 87.1 cm³/mol. The molecule has 0 saturated heterocycles. The van der Waals surface area contributed by atoms with Gasteiger partial charge in [-0.3, -0.25) is 4.99 Å². The van der Waals surface area contributed by atoms with Crippen LogP contribution in [-0.4, -0.2) is 6.21 Å². The van der Waals surface area contributed by atoms with Gasteiger partial charge >= 0.3 is 0 Å². The summed E-state index contributed by atoms with van der Waals surface area (Å²) in [6, 6.07) is 22.2. The van der Waals surface area contributed by atoms with Gasteiger partial charge in [-0.05, 0) is 29.5 Å². The smallest absolute Gasteiger partial charge is 0.102 e. The molecule has 2 nitrogen and oxygen atoms in total. The van der Waals surface area contributed by atoms with Gasteiger partial charge in [-0.1, -0.05) is 54.6 Å². The lowest BCUT2D eigenvalue weighted by atomic mass is 9.99. The third-order valence-electron chi connectivity index (χ3n) is 3.47. The number of aliphatic imine (C=N–C) groups is 1. The van der Waals surface area contributed by atoms with Crippen molar-refractivity contribution in [3.8, 4) is 6.07 Å². The van der Waals surface area contributed by atoms with Gasteiger partial charge in [-0.25, -0.2) is 0 Å². The second-order valence-electron chi connectivity index (χ2n) is 4.92. The lowest BCUT2D eigenvalue weighted by molar-refractivity contribution is 1.39. The van der Waals surface area contributed by atoms with E-state index in [1.54, 1.807) is 6.21 Å². The molecule has 0 aromatic heterocycles. The summed E-state index contributed by atoms with van der Waals surface area (Å²) in [4.78, 5) is 4.55. The van der Waals surface area contributed by atoms with Crippen LogP contribution in [0.1, 0.15) is 16.7 Å². The molecule has 0 fully saturated rings. The molecule has 0 aliphatic heterocycles. The lowest BCUT2D eigenvalue weighted by Gasteiger charge is -2.07. The first kappa shape index (κ1) is 13.1. The molecule has 100 valence electrons. The van der Waals surface area contributed by atoms with Crippen molar-refractivity contribution in [1.29, 1.82) is 5.26 Å². The normalized spacial score (nSPS) is 10.9. The van der Waals surface area contributed by atoms with Gasteiger partial charge in [0.15, 0.2) is 0 Å². The summed E-state index contributed by atoms with van der Waals surface area (Å²) in [5.41, 5.74) is 3.42. The molecule has 3 aromatic carbocycles. The summed E-state index contributed by atoms with van der Waals surface area (Å²) in [6.45, 7) is 1.99. The fraction of sp³-hybridized carbons (Fsp3) is 0.0526. The van der Waals surface area contributed by atoms with Gasteiger partial charge in [0, 0.05) is 11.6 Å². The first-order valence-electron chi connectivity index (χ1n) is 6.81. The third kappa shape index (κ3) is 2.54. The highest BCUT2D eigenvalue weighted by Crippen LogP contribution is 2.31. The van der Waals surface area contributed by atoms with Crippen molar-refractivity contribution in [2.75, 3.05) is 0 Å². The summed E-state index contributed by atoms with van der Waals surface area (Å²) in [6.07, 6.45) is 1.80. The Morgan fingerprint density at radius 2 is 1.71 bits per heavy atom. The monoisotopic (exact) mass is 270 g/mol. The number of nitrogens with zero attached hydrogens (tertiary/aromatic N) is 2. The molecule has 21 heavy (non-hydrogen) atoms. The van der Waals surface area contributed by atoms with Crippen LogP contribution in [0.5, 0.6) is 0 Å². The van der Waals surface area contributed by atoms with Crippen LogP contribution in [0, 0.1) is 18.3 Å². The van der Waals surface area contributed by atoms with E-state index >= 15 is 0 Å². The zero-order valence-electron chi connectivity index (χ0n) is 11.7. The molecule has 0 aliphatic carbocycles. The molecule has 0 atom stereocenters. The minimum atomic E-state index is 0.637. The molecule has 0 radical (unpaired) electrons. The van der Waals surface area contributed by atoms with Crippen LogP contribution in [0.4, 0.5) is 5.69 Å². The van der Waals surface area contributed by atoms with E-state index in [4.69, 9.17) is 0 Å². The van der Waals surface area contributed by atoms with Crippen molar-refractivity contribution in [2.45, 2.75) is 6.92 Å². The van der Waals surface area contributed by atoms with Crippen LogP contribution in [0.2, 0.25) is 0 Å². The Hall–Kier alpha value is -2.92. The number of nitriles is 1. The second kappa shape index (κ2) is 5.60. The summed E-state index contributed by atoms with van der Waals surface area (Å²) in [7, 11) is 0. The molecule has 0 spiro atoms. The fourth-order valence-electron chi connectivity index (χ4n) is 2.43. The molecule has 0 N–H and O–H groups in total. The maximum atomic E-state index is 9.51. The number of rotatable bonds is 2. The van der Waals surface area contributed by atoms with Gasteiger partial charge < -0.3 is 0 Å². The Balaban J connectivity index is 2.16. The van der Waals surface area contributed by atoms with Gasteiger partial charge in [0.25, 0.3) is 0 Å². The molecule has 0 amide bonds. The minimum absolute atomic E-state index is 0.637. The van der Waals surface area contributed by atoms with E-state index < -0.39 is 0 Å². The quantitative estimate of drug-likeness (QED) is 0.618. The molecule has 3 rings (SSSR count). The average molecular weight is 270 g/mol. The number of aryl methyl sites for hydroxylation is 1. The first-order chi connectivity index (χ1) is 10.3. The van der Waals surface area contributed by atoms with Crippen LogP contribution in [-0.2, 0) is 0 Å². The summed E-state index contributed by atoms with van der Waals surface area (Å²) in [5.74, 6) is 0. The van der Waals surface area contributed by atoms with E-state index in [1.165, 1.54) is 0 Å². The van der Waals surface area contributed by atoms with Crippen LogP contribution < -0.4 is 0 Å².